The monoisotopic (exact) mass is 292 g/mol. The molecule has 0 unspecified atom stereocenters. The van der Waals surface area contributed by atoms with Gasteiger partial charge in [0.25, 0.3) is 0 Å². The SMILES string of the molecule is CC(C)CSc1ncnc2sc3c(c12)CC[C@H](C)C3. The summed E-state index contributed by atoms with van der Waals surface area (Å²) in [5.41, 5.74) is 1.55. The summed E-state index contributed by atoms with van der Waals surface area (Å²) in [5.74, 6) is 2.65. The third kappa shape index (κ3) is 2.65. The second-order valence-electron chi connectivity index (χ2n) is 5.92. The molecule has 0 saturated heterocycles. The van der Waals surface area contributed by atoms with Crippen molar-refractivity contribution in [2.75, 3.05) is 5.75 Å². The number of rotatable bonds is 3. The van der Waals surface area contributed by atoms with Crippen LogP contribution in [-0.4, -0.2) is 15.7 Å². The Kier molecular flexibility index (Phi) is 3.81. The molecule has 102 valence electrons. The maximum Gasteiger partial charge on any atom is 0.128 e. The molecule has 0 aromatic carbocycles. The highest BCUT2D eigenvalue weighted by molar-refractivity contribution is 7.99. The quantitative estimate of drug-likeness (QED) is 0.612. The molecular formula is C15H20N2S2. The molecule has 2 aromatic rings. The molecule has 1 aliphatic carbocycles. The van der Waals surface area contributed by atoms with Gasteiger partial charge in [0.1, 0.15) is 16.2 Å². The van der Waals surface area contributed by atoms with Crippen LogP contribution >= 0.6 is 23.1 Å². The minimum Gasteiger partial charge on any atom is -0.229 e. The Labute approximate surface area is 123 Å². The van der Waals surface area contributed by atoms with Crippen molar-refractivity contribution >= 4 is 33.3 Å². The first-order valence-electron chi connectivity index (χ1n) is 7.03. The lowest BCUT2D eigenvalue weighted by atomic mass is 9.89. The van der Waals surface area contributed by atoms with Gasteiger partial charge in [0.2, 0.25) is 0 Å². The number of fused-ring (bicyclic) bond motifs is 3. The van der Waals surface area contributed by atoms with Gasteiger partial charge in [-0.15, -0.1) is 23.1 Å². The molecule has 0 amide bonds. The third-order valence-electron chi connectivity index (χ3n) is 3.61. The molecule has 19 heavy (non-hydrogen) atoms. The fraction of sp³-hybridized carbons (Fsp3) is 0.600. The first-order valence-corrected chi connectivity index (χ1v) is 8.83. The Balaban J connectivity index is 2.03. The standard InChI is InChI=1S/C15H20N2S2/c1-9(2)7-18-14-13-11-5-4-10(3)6-12(11)19-15(13)17-8-16-14/h8-10H,4-7H2,1-3H3/t10-/m0/s1. The van der Waals surface area contributed by atoms with Gasteiger partial charge in [-0.3, -0.25) is 0 Å². The average molecular weight is 292 g/mol. The fourth-order valence-electron chi connectivity index (χ4n) is 2.60. The summed E-state index contributed by atoms with van der Waals surface area (Å²) >= 11 is 3.78. The maximum atomic E-state index is 4.54. The topological polar surface area (TPSA) is 25.8 Å². The van der Waals surface area contributed by atoms with E-state index in [0.29, 0.717) is 5.92 Å². The lowest BCUT2D eigenvalue weighted by molar-refractivity contribution is 0.509. The van der Waals surface area contributed by atoms with Gasteiger partial charge in [-0.05, 0) is 36.7 Å². The average Bonchev–Trinajstić information content (AvgIpc) is 2.73. The molecule has 0 bridgehead atoms. The Hall–Kier alpha value is -0.610. The molecule has 0 spiro atoms. The number of thioether (sulfide) groups is 1. The van der Waals surface area contributed by atoms with Crippen molar-refractivity contribution in [3.8, 4) is 0 Å². The number of aromatic nitrogens is 2. The minimum atomic E-state index is 0.699. The van der Waals surface area contributed by atoms with Gasteiger partial charge in [-0.1, -0.05) is 20.8 Å². The van der Waals surface area contributed by atoms with Gasteiger partial charge in [0, 0.05) is 16.0 Å². The Morgan fingerprint density at radius 3 is 3.05 bits per heavy atom. The Morgan fingerprint density at radius 1 is 1.42 bits per heavy atom. The third-order valence-corrected chi connectivity index (χ3v) is 6.19. The van der Waals surface area contributed by atoms with Crippen LogP contribution in [0.5, 0.6) is 0 Å². The van der Waals surface area contributed by atoms with Crippen molar-refractivity contribution in [1.29, 1.82) is 0 Å². The molecule has 0 N–H and O–H groups in total. The van der Waals surface area contributed by atoms with E-state index in [9.17, 15) is 0 Å². The van der Waals surface area contributed by atoms with Crippen molar-refractivity contribution in [2.45, 2.75) is 45.1 Å². The summed E-state index contributed by atoms with van der Waals surface area (Å²) in [6.45, 7) is 6.87. The number of aryl methyl sites for hydroxylation is 1. The van der Waals surface area contributed by atoms with Crippen LogP contribution in [-0.2, 0) is 12.8 Å². The largest absolute Gasteiger partial charge is 0.229 e. The van der Waals surface area contributed by atoms with E-state index in [1.54, 1.807) is 16.8 Å². The van der Waals surface area contributed by atoms with Crippen LogP contribution in [0.25, 0.3) is 10.2 Å². The molecule has 1 aliphatic rings. The van der Waals surface area contributed by atoms with E-state index in [2.05, 4.69) is 30.7 Å². The summed E-state index contributed by atoms with van der Waals surface area (Å²) in [6.07, 6.45) is 5.47. The second-order valence-corrected chi connectivity index (χ2v) is 8.01. The van der Waals surface area contributed by atoms with Crippen molar-refractivity contribution in [3.63, 3.8) is 0 Å². The van der Waals surface area contributed by atoms with Crippen LogP contribution in [0.3, 0.4) is 0 Å². The molecule has 0 fully saturated rings. The maximum absolute atomic E-state index is 4.54. The molecule has 0 radical (unpaired) electrons. The van der Waals surface area contributed by atoms with Gasteiger partial charge in [0.15, 0.2) is 0 Å². The molecule has 4 heteroatoms. The number of hydrogen-bond donors (Lipinski definition) is 0. The predicted octanol–water partition coefficient (Wildman–Crippen LogP) is 4.56. The fourth-order valence-corrected chi connectivity index (χ4v) is 4.99. The summed E-state index contributed by atoms with van der Waals surface area (Å²) in [6, 6.07) is 0. The van der Waals surface area contributed by atoms with Crippen LogP contribution in [0.2, 0.25) is 0 Å². The first-order chi connectivity index (χ1) is 9.15. The highest BCUT2D eigenvalue weighted by Gasteiger charge is 2.23. The normalized spacial score (nSPS) is 19.1. The Bertz CT molecular complexity index is 589. The van der Waals surface area contributed by atoms with Crippen LogP contribution in [0.4, 0.5) is 0 Å². The van der Waals surface area contributed by atoms with E-state index in [0.717, 1.165) is 11.7 Å². The minimum absolute atomic E-state index is 0.699. The van der Waals surface area contributed by atoms with Crippen molar-refractivity contribution < 1.29 is 0 Å². The van der Waals surface area contributed by atoms with E-state index in [-0.39, 0.29) is 0 Å². The van der Waals surface area contributed by atoms with E-state index in [1.807, 2.05) is 23.1 Å². The zero-order valence-corrected chi connectivity index (χ0v) is 13.4. The second kappa shape index (κ2) is 5.41. The van der Waals surface area contributed by atoms with Gasteiger partial charge >= 0.3 is 0 Å². The predicted molar refractivity (Wildman–Crippen MR) is 84.2 cm³/mol. The zero-order chi connectivity index (χ0) is 13.4. The highest BCUT2D eigenvalue weighted by atomic mass is 32.2. The molecule has 2 nitrogen and oxygen atoms in total. The highest BCUT2D eigenvalue weighted by Crippen LogP contribution is 2.40. The number of nitrogens with zero attached hydrogens (tertiary/aromatic N) is 2. The zero-order valence-electron chi connectivity index (χ0n) is 11.8. The molecule has 0 aliphatic heterocycles. The Morgan fingerprint density at radius 2 is 2.26 bits per heavy atom. The van der Waals surface area contributed by atoms with Gasteiger partial charge < -0.3 is 0 Å². The summed E-state index contributed by atoms with van der Waals surface area (Å²) in [5, 5.41) is 2.56. The summed E-state index contributed by atoms with van der Waals surface area (Å²) in [4.78, 5) is 11.8. The van der Waals surface area contributed by atoms with Crippen molar-refractivity contribution in [3.05, 3.63) is 16.8 Å². The van der Waals surface area contributed by atoms with Crippen LogP contribution < -0.4 is 0 Å². The molecular weight excluding hydrogens is 272 g/mol. The molecule has 2 aromatic heterocycles. The van der Waals surface area contributed by atoms with Crippen molar-refractivity contribution in [1.82, 2.24) is 9.97 Å². The molecule has 2 heterocycles. The van der Waals surface area contributed by atoms with Gasteiger partial charge in [0.05, 0.1) is 0 Å². The van der Waals surface area contributed by atoms with E-state index in [1.165, 1.54) is 34.5 Å². The van der Waals surface area contributed by atoms with E-state index in [4.69, 9.17) is 0 Å². The molecule has 1 atom stereocenters. The lowest BCUT2D eigenvalue weighted by Crippen LogP contribution is -2.08. The molecule has 0 saturated carbocycles. The summed E-state index contributed by atoms with van der Waals surface area (Å²) < 4.78 is 0. The van der Waals surface area contributed by atoms with Gasteiger partial charge in [-0.2, -0.15) is 0 Å². The van der Waals surface area contributed by atoms with Crippen LogP contribution in [0.15, 0.2) is 11.4 Å². The van der Waals surface area contributed by atoms with Crippen molar-refractivity contribution in [2.24, 2.45) is 11.8 Å². The smallest absolute Gasteiger partial charge is 0.128 e. The number of hydrogen-bond acceptors (Lipinski definition) is 4. The molecule has 3 rings (SSSR count). The summed E-state index contributed by atoms with van der Waals surface area (Å²) in [7, 11) is 0. The lowest BCUT2D eigenvalue weighted by Gasteiger charge is -2.18. The first kappa shape index (κ1) is 13.4. The number of thiophene rings is 1. The van der Waals surface area contributed by atoms with E-state index >= 15 is 0 Å². The van der Waals surface area contributed by atoms with Crippen LogP contribution in [0, 0.1) is 11.8 Å². The van der Waals surface area contributed by atoms with Crippen LogP contribution in [0.1, 0.15) is 37.6 Å². The van der Waals surface area contributed by atoms with E-state index < -0.39 is 0 Å². The van der Waals surface area contributed by atoms with Gasteiger partial charge in [-0.25, -0.2) is 9.97 Å².